The van der Waals surface area contributed by atoms with Gasteiger partial charge in [-0.15, -0.1) is 0 Å². The smallest absolute Gasteiger partial charge is 0.0564 e. The molecule has 0 bridgehead atoms. The minimum Gasteiger partial charge on any atom is -0.0776 e. The highest BCUT2D eigenvalue weighted by Crippen LogP contribution is 1.76. The molecule has 0 aromatic rings. The van der Waals surface area contributed by atoms with E-state index in [0.29, 0.717) is 0 Å². The van der Waals surface area contributed by atoms with Gasteiger partial charge in [-0.1, -0.05) is 68.2 Å². The molecular weight excluding hydrogens is 120 g/mol. The first-order chi connectivity index (χ1) is 4.33. The highest BCUT2D eigenvalue weighted by molar-refractivity contribution is 4.12. The summed E-state index contributed by atoms with van der Waals surface area (Å²) in [5, 5.41) is 0. The molecule has 0 aliphatic heterocycles. The second kappa shape index (κ2) is 64.0. The third-order valence-electron chi connectivity index (χ3n) is 0.500. The number of hydrogen-bond acceptors (Lipinski definition) is 0. The lowest BCUT2D eigenvalue weighted by Crippen LogP contribution is -1.47. The average molecular weight is 148 g/mol. The van der Waals surface area contributed by atoms with E-state index in [0.717, 1.165) is 0 Å². The molecule has 0 N–H and O–H groups in total. The number of rotatable bonds is 1. The summed E-state index contributed by atoms with van der Waals surface area (Å²) in [5.41, 5.74) is 0. The van der Waals surface area contributed by atoms with Gasteiger partial charge in [-0.2, -0.15) is 0 Å². The SMILES string of the molecule is C.CC.CCC.CCCC. The van der Waals surface area contributed by atoms with Gasteiger partial charge in [-0.25, -0.2) is 0 Å². The van der Waals surface area contributed by atoms with Crippen LogP contribution in [0.15, 0.2) is 0 Å². The summed E-state index contributed by atoms with van der Waals surface area (Å²) >= 11 is 0. The lowest BCUT2D eigenvalue weighted by atomic mass is 10.4. The highest BCUT2D eigenvalue weighted by Gasteiger charge is 1.56. The predicted octanol–water partition coefficient (Wildman–Crippen LogP) is 4.89. The zero-order chi connectivity index (χ0) is 8.12. The third kappa shape index (κ3) is 392. The molecule has 0 saturated carbocycles. The average Bonchev–Trinajstić information content (AvgIpc) is 1.94. The Labute approximate surface area is 69.0 Å². The van der Waals surface area contributed by atoms with E-state index >= 15 is 0 Å². The van der Waals surface area contributed by atoms with E-state index in [2.05, 4.69) is 27.7 Å². The second-order valence-electron chi connectivity index (χ2n) is 1.71. The molecular formula is C10H28. The molecule has 0 spiro atoms. The van der Waals surface area contributed by atoms with Crippen molar-refractivity contribution in [3.05, 3.63) is 0 Å². The molecule has 0 amide bonds. The number of unbranched alkanes of at least 4 members (excludes halogenated alkanes) is 1. The molecule has 0 unspecified atom stereocenters. The Hall–Kier alpha value is 0. The lowest BCUT2D eigenvalue weighted by molar-refractivity contribution is 0.886. The Morgan fingerprint density at radius 2 is 0.800 bits per heavy atom. The van der Waals surface area contributed by atoms with Gasteiger partial charge in [-0.3, -0.25) is 0 Å². The van der Waals surface area contributed by atoms with Crippen molar-refractivity contribution in [2.75, 3.05) is 0 Å². The summed E-state index contributed by atoms with van der Waals surface area (Å²) in [6, 6.07) is 0. The Balaban J connectivity index is -0.0000000273. The quantitative estimate of drug-likeness (QED) is 0.497. The first kappa shape index (κ1) is 22.5. The van der Waals surface area contributed by atoms with Crippen LogP contribution in [0, 0.1) is 0 Å². The predicted molar refractivity (Wildman–Crippen MR) is 54.6 cm³/mol. The van der Waals surface area contributed by atoms with Gasteiger partial charge in [0, 0.05) is 0 Å². The Bertz CT molecular complexity index is 7.51. The molecule has 68 valence electrons. The zero-order valence-corrected chi connectivity index (χ0v) is 8.12. The fourth-order valence-corrected chi connectivity index (χ4v) is 0. The van der Waals surface area contributed by atoms with Gasteiger partial charge < -0.3 is 0 Å². The van der Waals surface area contributed by atoms with Crippen molar-refractivity contribution in [3.63, 3.8) is 0 Å². The largest absolute Gasteiger partial charge is 0.0776 e. The van der Waals surface area contributed by atoms with E-state index in [1.807, 2.05) is 13.8 Å². The van der Waals surface area contributed by atoms with Crippen LogP contribution in [0.1, 0.15) is 68.2 Å². The molecule has 0 saturated heterocycles. The van der Waals surface area contributed by atoms with Gasteiger partial charge in [0.25, 0.3) is 0 Å². The first-order valence-electron chi connectivity index (χ1n) is 4.33. The topological polar surface area (TPSA) is 0 Å². The van der Waals surface area contributed by atoms with Crippen LogP contribution in [0.4, 0.5) is 0 Å². The summed E-state index contributed by atoms with van der Waals surface area (Å²) in [5.74, 6) is 0. The summed E-state index contributed by atoms with van der Waals surface area (Å²) < 4.78 is 0. The van der Waals surface area contributed by atoms with Gasteiger partial charge in [0.1, 0.15) is 0 Å². The molecule has 0 aromatic heterocycles. The molecule has 0 nitrogen and oxygen atoms in total. The Morgan fingerprint density at radius 1 is 0.700 bits per heavy atom. The van der Waals surface area contributed by atoms with Gasteiger partial charge in [0.15, 0.2) is 0 Å². The second-order valence-corrected chi connectivity index (χ2v) is 1.71. The summed E-state index contributed by atoms with van der Waals surface area (Å²) in [6.07, 6.45) is 3.89. The highest BCUT2D eigenvalue weighted by atomic mass is 13.6. The van der Waals surface area contributed by atoms with E-state index in [9.17, 15) is 0 Å². The van der Waals surface area contributed by atoms with Gasteiger partial charge >= 0.3 is 0 Å². The molecule has 0 aliphatic rings. The first-order valence-corrected chi connectivity index (χ1v) is 4.33. The molecule has 10 heavy (non-hydrogen) atoms. The van der Waals surface area contributed by atoms with Crippen LogP contribution in [0.5, 0.6) is 0 Å². The van der Waals surface area contributed by atoms with Crippen LogP contribution in [0.3, 0.4) is 0 Å². The number of hydrogen-bond donors (Lipinski definition) is 0. The van der Waals surface area contributed by atoms with Crippen molar-refractivity contribution in [2.24, 2.45) is 0 Å². The molecule has 0 heterocycles. The van der Waals surface area contributed by atoms with Gasteiger partial charge in [-0.05, 0) is 0 Å². The molecule has 0 atom stereocenters. The fraction of sp³-hybridized carbons (Fsp3) is 1.00. The van der Waals surface area contributed by atoms with E-state index in [-0.39, 0.29) is 7.43 Å². The summed E-state index contributed by atoms with van der Waals surface area (Å²) in [7, 11) is 0. The van der Waals surface area contributed by atoms with E-state index in [1.165, 1.54) is 19.3 Å². The van der Waals surface area contributed by atoms with Crippen LogP contribution in [-0.4, -0.2) is 0 Å². The van der Waals surface area contributed by atoms with Crippen molar-refractivity contribution in [1.29, 1.82) is 0 Å². The molecule has 0 heteroatoms. The standard InChI is InChI=1S/C4H10.C3H8.C2H6.CH4/c1-3-4-2;1-3-2;1-2;/h3-4H2,1-2H3;3H2,1-2H3;1-2H3;1H4. The minimum absolute atomic E-state index is 0. The molecule has 0 rings (SSSR count). The van der Waals surface area contributed by atoms with E-state index < -0.39 is 0 Å². The van der Waals surface area contributed by atoms with Crippen LogP contribution in [-0.2, 0) is 0 Å². The molecule has 0 fully saturated rings. The maximum atomic E-state index is 2.18. The van der Waals surface area contributed by atoms with Crippen LogP contribution in [0.2, 0.25) is 0 Å². The Morgan fingerprint density at radius 3 is 0.800 bits per heavy atom. The Kier molecular flexibility index (Phi) is 144. The van der Waals surface area contributed by atoms with Crippen molar-refractivity contribution in [3.8, 4) is 0 Å². The monoisotopic (exact) mass is 148 g/mol. The molecule has 0 aliphatic carbocycles. The maximum absolute atomic E-state index is 2.18. The van der Waals surface area contributed by atoms with Crippen molar-refractivity contribution < 1.29 is 0 Å². The van der Waals surface area contributed by atoms with Crippen LogP contribution in [0.25, 0.3) is 0 Å². The molecule has 0 radical (unpaired) electrons. The lowest BCUT2D eigenvalue weighted by Gasteiger charge is -1.68. The maximum Gasteiger partial charge on any atom is -0.0564 e. The normalized spacial score (nSPS) is 5.40. The molecule has 0 aromatic carbocycles. The fourth-order valence-electron chi connectivity index (χ4n) is 0. The van der Waals surface area contributed by atoms with Crippen molar-refractivity contribution >= 4 is 0 Å². The van der Waals surface area contributed by atoms with Crippen LogP contribution < -0.4 is 0 Å². The summed E-state index contributed by atoms with van der Waals surface area (Å²) in [6.45, 7) is 12.6. The third-order valence-corrected chi connectivity index (χ3v) is 0.500. The van der Waals surface area contributed by atoms with Crippen molar-refractivity contribution in [1.82, 2.24) is 0 Å². The van der Waals surface area contributed by atoms with Gasteiger partial charge in [0.05, 0.1) is 0 Å². The zero-order valence-electron chi connectivity index (χ0n) is 8.12. The minimum atomic E-state index is 0. The van der Waals surface area contributed by atoms with Crippen LogP contribution >= 0.6 is 0 Å². The van der Waals surface area contributed by atoms with E-state index in [1.54, 1.807) is 0 Å². The van der Waals surface area contributed by atoms with Gasteiger partial charge in [0.2, 0.25) is 0 Å². The summed E-state index contributed by atoms with van der Waals surface area (Å²) in [4.78, 5) is 0. The van der Waals surface area contributed by atoms with Crippen molar-refractivity contribution in [2.45, 2.75) is 68.2 Å². The van der Waals surface area contributed by atoms with E-state index in [4.69, 9.17) is 0 Å².